The zero-order valence-electron chi connectivity index (χ0n) is 19.3. The molecule has 32 heavy (non-hydrogen) atoms. The third-order valence-corrected chi connectivity index (χ3v) is 8.37. The monoisotopic (exact) mass is 459 g/mol. The first kappa shape index (κ1) is 22.9. The summed E-state index contributed by atoms with van der Waals surface area (Å²) in [6.07, 6.45) is 0.828. The van der Waals surface area contributed by atoms with Gasteiger partial charge in [-0.05, 0) is 61.4 Å². The standard InChI is InChI=1S/C25H33NO5S/c1-16(2)19-5-7-21(8-6-19)30-18(4)25(27)26(20-11-12-32(28,29)15-20)14-22-9-10-24(31-22)23-13-17(23)3/h5-10,16-18,20,23H,11-15H2,1-4H3. The van der Waals surface area contributed by atoms with E-state index in [1.807, 2.05) is 36.4 Å². The topological polar surface area (TPSA) is 76.8 Å². The summed E-state index contributed by atoms with van der Waals surface area (Å²) < 4.78 is 36.2. The Morgan fingerprint density at radius 1 is 1.16 bits per heavy atom. The van der Waals surface area contributed by atoms with E-state index in [1.165, 1.54) is 5.56 Å². The Labute approximate surface area is 190 Å². The van der Waals surface area contributed by atoms with Gasteiger partial charge in [-0.25, -0.2) is 8.42 Å². The molecule has 4 rings (SSSR count). The quantitative estimate of drug-likeness (QED) is 0.580. The first-order chi connectivity index (χ1) is 15.1. The second-order valence-corrected chi connectivity index (χ2v) is 11.9. The maximum atomic E-state index is 13.4. The highest BCUT2D eigenvalue weighted by molar-refractivity contribution is 7.91. The lowest BCUT2D eigenvalue weighted by Gasteiger charge is -2.30. The van der Waals surface area contributed by atoms with Crippen molar-refractivity contribution in [3.8, 4) is 5.75 Å². The van der Waals surface area contributed by atoms with Crippen LogP contribution in [0.25, 0.3) is 0 Å². The van der Waals surface area contributed by atoms with Crippen LogP contribution in [0.3, 0.4) is 0 Å². The molecule has 7 heteroatoms. The van der Waals surface area contributed by atoms with Gasteiger partial charge in [0.1, 0.15) is 17.3 Å². The van der Waals surface area contributed by atoms with E-state index in [1.54, 1.807) is 11.8 Å². The van der Waals surface area contributed by atoms with E-state index in [0.29, 0.717) is 35.7 Å². The summed E-state index contributed by atoms with van der Waals surface area (Å²) in [4.78, 5) is 15.0. The van der Waals surface area contributed by atoms with Gasteiger partial charge in [0, 0.05) is 12.0 Å². The highest BCUT2D eigenvalue weighted by Crippen LogP contribution is 2.47. The number of carbonyl (C=O) groups excluding carboxylic acids is 1. The predicted octanol–water partition coefficient (Wildman–Crippen LogP) is 4.51. The molecule has 1 amide bonds. The Bertz CT molecular complexity index is 1060. The number of rotatable bonds is 8. The molecule has 2 aromatic rings. The highest BCUT2D eigenvalue weighted by Gasteiger charge is 2.39. The lowest BCUT2D eigenvalue weighted by Crippen LogP contribution is -2.46. The number of nitrogens with zero attached hydrogens (tertiary/aromatic N) is 1. The van der Waals surface area contributed by atoms with E-state index in [2.05, 4.69) is 20.8 Å². The number of furan rings is 1. The number of carbonyl (C=O) groups is 1. The van der Waals surface area contributed by atoms with Crippen molar-refractivity contribution in [1.29, 1.82) is 0 Å². The number of hydrogen-bond acceptors (Lipinski definition) is 5. The minimum Gasteiger partial charge on any atom is -0.481 e. The first-order valence-corrected chi connectivity index (χ1v) is 13.3. The van der Waals surface area contributed by atoms with Crippen LogP contribution in [0.4, 0.5) is 0 Å². The summed E-state index contributed by atoms with van der Waals surface area (Å²) in [6.45, 7) is 8.41. The fourth-order valence-electron chi connectivity index (χ4n) is 4.39. The maximum absolute atomic E-state index is 13.4. The van der Waals surface area contributed by atoms with Crippen molar-refractivity contribution in [3.63, 3.8) is 0 Å². The largest absolute Gasteiger partial charge is 0.481 e. The van der Waals surface area contributed by atoms with Crippen LogP contribution >= 0.6 is 0 Å². The van der Waals surface area contributed by atoms with Crippen molar-refractivity contribution >= 4 is 15.7 Å². The molecule has 1 aliphatic heterocycles. The Morgan fingerprint density at radius 2 is 1.84 bits per heavy atom. The molecule has 174 valence electrons. The molecule has 2 fully saturated rings. The molecule has 4 atom stereocenters. The Hall–Kier alpha value is -2.28. The van der Waals surface area contributed by atoms with E-state index >= 15 is 0 Å². The van der Waals surface area contributed by atoms with Crippen LogP contribution in [0, 0.1) is 5.92 Å². The number of amides is 1. The number of ether oxygens (including phenoxy) is 1. The molecule has 0 bridgehead atoms. The van der Waals surface area contributed by atoms with E-state index in [-0.39, 0.29) is 30.0 Å². The molecule has 0 spiro atoms. The smallest absolute Gasteiger partial charge is 0.264 e. The van der Waals surface area contributed by atoms with Gasteiger partial charge < -0.3 is 14.1 Å². The molecule has 1 aliphatic carbocycles. The highest BCUT2D eigenvalue weighted by atomic mass is 32.2. The maximum Gasteiger partial charge on any atom is 0.264 e. The summed E-state index contributed by atoms with van der Waals surface area (Å²) >= 11 is 0. The molecule has 4 unspecified atom stereocenters. The Morgan fingerprint density at radius 3 is 2.41 bits per heavy atom. The molecule has 0 radical (unpaired) electrons. The minimum atomic E-state index is -3.13. The van der Waals surface area contributed by atoms with Crippen LogP contribution < -0.4 is 4.74 Å². The molecule has 1 aromatic carbocycles. The summed E-state index contributed by atoms with van der Waals surface area (Å²) in [5.74, 6) is 3.63. The first-order valence-electron chi connectivity index (χ1n) is 11.5. The van der Waals surface area contributed by atoms with Gasteiger partial charge in [-0.1, -0.05) is 32.9 Å². The summed E-state index contributed by atoms with van der Waals surface area (Å²) in [5, 5.41) is 0. The van der Waals surface area contributed by atoms with Crippen LogP contribution in [0.15, 0.2) is 40.8 Å². The fraction of sp³-hybridized carbons (Fsp3) is 0.560. The van der Waals surface area contributed by atoms with Crippen molar-refractivity contribution in [1.82, 2.24) is 4.90 Å². The molecule has 6 nitrogen and oxygen atoms in total. The molecule has 2 aliphatic rings. The molecular formula is C25H33NO5S. The molecule has 1 aromatic heterocycles. The molecule has 0 N–H and O–H groups in total. The third-order valence-electron chi connectivity index (χ3n) is 6.62. The van der Waals surface area contributed by atoms with Gasteiger partial charge in [-0.3, -0.25) is 4.79 Å². The lowest BCUT2D eigenvalue weighted by molar-refractivity contribution is -0.140. The van der Waals surface area contributed by atoms with Crippen molar-refractivity contribution in [2.24, 2.45) is 5.92 Å². The zero-order chi connectivity index (χ0) is 23.0. The lowest BCUT2D eigenvalue weighted by atomic mass is 10.0. The predicted molar refractivity (Wildman–Crippen MR) is 123 cm³/mol. The average Bonchev–Trinajstić information content (AvgIpc) is 3.12. The fourth-order valence-corrected chi connectivity index (χ4v) is 6.12. The van der Waals surface area contributed by atoms with Crippen molar-refractivity contribution in [3.05, 3.63) is 53.5 Å². The molecule has 1 saturated heterocycles. The van der Waals surface area contributed by atoms with Crippen molar-refractivity contribution in [2.75, 3.05) is 11.5 Å². The van der Waals surface area contributed by atoms with Crippen molar-refractivity contribution in [2.45, 2.75) is 71.1 Å². The van der Waals surface area contributed by atoms with Gasteiger partial charge in [0.15, 0.2) is 15.9 Å². The van der Waals surface area contributed by atoms with E-state index in [4.69, 9.17) is 9.15 Å². The summed E-state index contributed by atoms with van der Waals surface area (Å²) in [7, 11) is -3.13. The van der Waals surface area contributed by atoms with Gasteiger partial charge in [-0.15, -0.1) is 0 Å². The van der Waals surface area contributed by atoms with Crippen LogP contribution in [0.2, 0.25) is 0 Å². The second kappa shape index (κ2) is 8.93. The van der Waals surface area contributed by atoms with Crippen LogP contribution in [-0.4, -0.2) is 42.9 Å². The van der Waals surface area contributed by atoms with Crippen LogP contribution in [0.5, 0.6) is 5.75 Å². The van der Waals surface area contributed by atoms with Crippen LogP contribution in [-0.2, 0) is 21.2 Å². The van der Waals surface area contributed by atoms with E-state index < -0.39 is 15.9 Å². The van der Waals surface area contributed by atoms with Crippen LogP contribution in [0.1, 0.15) is 69.5 Å². The molecular weight excluding hydrogens is 426 g/mol. The normalized spacial score (nSPS) is 25.0. The SMILES string of the molecule is CC(Oc1ccc(C(C)C)cc1)C(=O)N(Cc1ccc(C2CC2C)o1)C1CCS(=O)(=O)C1. The number of sulfone groups is 1. The van der Waals surface area contributed by atoms with Gasteiger partial charge in [0.05, 0.1) is 18.1 Å². The average molecular weight is 460 g/mol. The summed E-state index contributed by atoms with van der Waals surface area (Å²) in [6, 6.07) is 11.3. The van der Waals surface area contributed by atoms with Gasteiger partial charge in [0.25, 0.3) is 5.91 Å². The van der Waals surface area contributed by atoms with Gasteiger partial charge >= 0.3 is 0 Å². The molecule has 1 saturated carbocycles. The minimum absolute atomic E-state index is 0.0121. The van der Waals surface area contributed by atoms with Crippen molar-refractivity contribution < 1.29 is 22.4 Å². The second-order valence-electron chi connectivity index (χ2n) is 9.63. The van der Waals surface area contributed by atoms with E-state index in [9.17, 15) is 13.2 Å². The summed E-state index contributed by atoms with van der Waals surface area (Å²) in [5.41, 5.74) is 1.20. The Kier molecular flexibility index (Phi) is 6.39. The zero-order valence-corrected chi connectivity index (χ0v) is 20.1. The Balaban J connectivity index is 1.49. The number of hydrogen-bond donors (Lipinski definition) is 0. The number of benzene rings is 1. The van der Waals surface area contributed by atoms with Gasteiger partial charge in [-0.2, -0.15) is 0 Å². The van der Waals surface area contributed by atoms with E-state index in [0.717, 1.165) is 12.2 Å². The van der Waals surface area contributed by atoms with Gasteiger partial charge in [0.2, 0.25) is 0 Å². The third kappa shape index (κ3) is 5.20. The molecule has 2 heterocycles.